The van der Waals surface area contributed by atoms with Gasteiger partial charge in [0.1, 0.15) is 5.25 Å². The van der Waals surface area contributed by atoms with E-state index < -0.39 is 21.0 Å². The Balaban J connectivity index is 2.24. The number of rotatable bonds is 5. The summed E-state index contributed by atoms with van der Waals surface area (Å²) in [5.41, 5.74) is 0.933. The lowest BCUT2D eigenvalue weighted by Crippen LogP contribution is -2.39. The zero-order chi connectivity index (χ0) is 17.9. The summed E-state index contributed by atoms with van der Waals surface area (Å²) in [5, 5.41) is -0.681. The molecule has 24 heavy (non-hydrogen) atoms. The molecule has 4 nitrogen and oxygen atoms in total. The van der Waals surface area contributed by atoms with Gasteiger partial charge in [0.15, 0.2) is 9.84 Å². The molecule has 0 radical (unpaired) electrons. The third kappa shape index (κ3) is 4.09. The molecule has 2 rings (SSSR count). The number of hydrogen-bond acceptors (Lipinski definition) is 3. The van der Waals surface area contributed by atoms with E-state index >= 15 is 0 Å². The van der Waals surface area contributed by atoms with Crippen LogP contribution >= 0.6 is 23.2 Å². The zero-order valence-corrected chi connectivity index (χ0v) is 15.6. The van der Waals surface area contributed by atoms with E-state index in [9.17, 15) is 13.2 Å². The van der Waals surface area contributed by atoms with Crippen molar-refractivity contribution < 1.29 is 13.2 Å². The molecule has 0 heterocycles. The molecule has 1 amide bonds. The van der Waals surface area contributed by atoms with Gasteiger partial charge in [-0.15, -0.1) is 0 Å². The van der Waals surface area contributed by atoms with Gasteiger partial charge in [0, 0.05) is 28.3 Å². The normalized spacial score (nSPS) is 12.7. The molecule has 2 aromatic rings. The van der Waals surface area contributed by atoms with Crippen LogP contribution in [0.4, 0.5) is 5.69 Å². The van der Waals surface area contributed by atoms with E-state index in [1.54, 1.807) is 49.5 Å². The number of anilines is 1. The Labute approximate surface area is 151 Å². The van der Waals surface area contributed by atoms with Gasteiger partial charge in [-0.1, -0.05) is 47.5 Å². The summed E-state index contributed by atoms with van der Waals surface area (Å²) in [4.78, 5) is 13.9. The maximum absolute atomic E-state index is 12.6. The second-order valence-corrected chi connectivity index (χ2v) is 8.52. The van der Waals surface area contributed by atoms with Gasteiger partial charge in [-0.05, 0) is 31.2 Å². The minimum atomic E-state index is -3.77. The molecule has 128 valence electrons. The molecule has 7 heteroatoms. The molecule has 0 fully saturated rings. The number of benzene rings is 2. The van der Waals surface area contributed by atoms with Crippen molar-refractivity contribution in [3.8, 4) is 0 Å². The van der Waals surface area contributed by atoms with Crippen molar-refractivity contribution in [2.75, 3.05) is 11.9 Å². The lowest BCUT2D eigenvalue weighted by atomic mass is 10.2. The van der Waals surface area contributed by atoms with Crippen LogP contribution in [0.1, 0.15) is 12.5 Å². The molecule has 0 N–H and O–H groups in total. The topological polar surface area (TPSA) is 54.5 Å². The number of carbonyl (C=O) groups is 1. The Bertz CT molecular complexity index is 818. The predicted molar refractivity (Wildman–Crippen MR) is 98.4 cm³/mol. The van der Waals surface area contributed by atoms with Crippen molar-refractivity contribution in [1.29, 1.82) is 0 Å². The first-order valence-corrected chi connectivity index (χ1v) is 9.68. The van der Waals surface area contributed by atoms with Crippen LogP contribution in [0.2, 0.25) is 10.0 Å². The van der Waals surface area contributed by atoms with Crippen LogP contribution in [0.15, 0.2) is 48.5 Å². The van der Waals surface area contributed by atoms with E-state index in [0.717, 1.165) is 0 Å². The van der Waals surface area contributed by atoms with Crippen LogP contribution in [0.5, 0.6) is 0 Å². The molecule has 0 aliphatic rings. The van der Waals surface area contributed by atoms with Gasteiger partial charge in [0.25, 0.3) is 0 Å². The van der Waals surface area contributed by atoms with Crippen molar-refractivity contribution in [2.24, 2.45) is 0 Å². The SMILES string of the molecule is CC(C(=O)N(C)c1ccccc1)S(=O)(=O)Cc1c(Cl)cccc1Cl. The van der Waals surface area contributed by atoms with Gasteiger partial charge in [0.05, 0.1) is 5.75 Å². The van der Waals surface area contributed by atoms with Crippen LogP contribution in [-0.4, -0.2) is 26.6 Å². The quantitative estimate of drug-likeness (QED) is 0.782. The van der Waals surface area contributed by atoms with Gasteiger partial charge in [-0.3, -0.25) is 4.79 Å². The molecule has 1 atom stereocenters. The van der Waals surface area contributed by atoms with Gasteiger partial charge in [-0.25, -0.2) is 8.42 Å². The van der Waals surface area contributed by atoms with Crippen molar-refractivity contribution in [2.45, 2.75) is 17.9 Å². The molecular formula is C17H17Cl2NO3S. The smallest absolute Gasteiger partial charge is 0.244 e. The molecule has 0 saturated heterocycles. The molecule has 0 aromatic heterocycles. The van der Waals surface area contributed by atoms with E-state index in [-0.39, 0.29) is 15.8 Å². The second-order valence-electron chi connectivity index (χ2n) is 5.38. The minimum Gasteiger partial charge on any atom is -0.314 e. The maximum atomic E-state index is 12.6. The first kappa shape index (κ1) is 18.8. The standard InChI is InChI=1S/C17H17Cl2NO3S/c1-12(17(21)20(2)13-7-4-3-5-8-13)24(22,23)11-14-15(18)9-6-10-16(14)19/h3-10,12H,11H2,1-2H3. The average Bonchev–Trinajstić information content (AvgIpc) is 2.57. The van der Waals surface area contributed by atoms with E-state index in [1.165, 1.54) is 11.8 Å². The molecule has 0 bridgehead atoms. The highest BCUT2D eigenvalue weighted by atomic mass is 35.5. The third-order valence-corrected chi connectivity index (χ3v) is 6.45. The van der Waals surface area contributed by atoms with Crippen molar-refractivity contribution in [3.05, 3.63) is 64.1 Å². The van der Waals surface area contributed by atoms with Crippen LogP contribution < -0.4 is 4.90 Å². The van der Waals surface area contributed by atoms with E-state index in [1.807, 2.05) is 6.07 Å². The Morgan fingerprint density at radius 3 is 2.12 bits per heavy atom. The Morgan fingerprint density at radius 2 is 1.58 bits per heavy atom. The molecule has 2 aromatic carbocycles. The largest absolute Gasteiger partial charge is 0.314 e. The highest BCUT2D eigenvalue weighted by molar-refractivity contribution is 7.92. The number of nitrogens with zero attached hydrogens (tertiary/aromatic N) is 1. The lowest BCUT2D eigenvalue weighted by molar-refractivity contribution is -0.117. The van der Waals surface area contributed by atoms with Crippen LogP contribution in [0.25, 0.3) is 0 Å². The van der Waals surface area contributed by atoms with Crippen LogP contribution in [0.3, 0.4) is 0 Å². The van der Waals surface area contributed by atoms with Crippen molar-refractivity contribution >= 4 is 44.6 Å². The summed E-state index contributed by atoms with van der Waals surface area (Å²) in [6.45, 7) is 1.38. The summed E-state index contributed by atoms with van der Waals surface area (Å²) in [6.07, 6.45) is 0. The first-order valence-electron chi connectivity index (χ1n) is 7.21. The van der Waals surface area contributed by atoms with Gasteiger partial charge >= 0.3 is 0 Å². The van der Waals surface area contributed by atoms with Gasteiger partial charge in [-0.2, -0.15) is 0 Å². The maximum Gasteiger partial charge on any atom is 0.244 e. The molecular weight excluding hydrogens is 369 g/mol. The lowest BCUT2D eigenvalue weighted by Gasteiger charge is -2.22. The molecule has 0 aliphatic heterocycles. The fourth-order valence-electron chi connectivity index (χ4n) is 2.20. The van der Waals surface area contributed by atoms with Crippen LogP contribution in [-0.2, 0) is 20.4 Å². The summed E-state index contributed by atoms with van der Waals surface area (Å²) >= 11 is 12.1. The van der Waals surface area contributed by atoms with E-state index in [4.69, 9.17) is 23.2 Å². The summed E-state index contributed by atoms with van der Waals surface area (Å²) in [6, 6.07) is 13.6. The highest BCUT2D eigenvalue weighted by Gasteiger charge is 2.32. The zero-order valence-electron chi connectivity index (χ0n) is 13.2. The summed E-state index contributed by atoms with van der Waals surface area (Å²) < 4.78 is 25.2. The Hall–Kier alpha value is -1.56. The average molecular weight is 386 g/mol. The third-order valence-electron chi connectivity index (χ3n) is 3.77. The Morgan fingerprint density at radius 1 is 1.04 bits per heavy atom. The molecule has 0 aliphatic carbocycles. The first-order chi connectivity index (χ1) is 11.2. The summed E-state index contributed by atoms with van der Waals surface area (Å²) in [7, 11) is -2.22. The number of halogens is 2. The molecule has 1 unspecified atom stereocenters. The number of hydrogen-bond donors (Lipinski definition) is 0. The van der Waals surface area contributed by atoms with Gasteiger partial charge < -0.3 is 4.90 Å². The highest BCUT2D eigenvalue weighted by Crippen LogP contribution is 2.28. The fraction of sp³-hybridized carbons (Fsp3) is 0.235. The number of carbonyl (C=O) groups excluding carboxylic acids is 1. The summed E-state index contributed by atoms with van der Waals surface area (Å²) in [5.74, 6) is -0.898. The van der Waals surface area contributed by atoms with Crippen molar-refractivity contribution in [1.82, 2.24) is 0 Å². The number of sulfone groups is 1. The monoisotopic (exact) mass is 385 g/mol. The molecule has 0 spiro atoms. The number of para-hydroxylation sites is 1. The second kappa shape index (κ2) is 7.55. The minimum absolute atomic E-state index is 0.266. The Kier molecular flexibility index (Phi) is 5.91. The predicted octanol–water partition coefficient (Wildman–Crippen LogP) is 3.96. The molecule has 0 saturated carbocycles. The van der Waals surface area contributed by atoms with Gasteiger partial charge in [0.2, 0.25) is 5.91 Å². The van der Waals surface area contributed by atoms with E-state index in [0.29, 0.717) is 11.3 Å². The van der Waals surface area contributed by atoms with Crippen LogP contribution in [0, 0.1) is 0 Å². The number of amides is 1. The fourth-order valence-corrected chi connectivity index (χ4v) is 4.32. The van der Waals surface area contributed by atoms with E-state index in [2.05, 4.69) is 0 Å². The van der Waals surface area contributed by atoms with Crippen molar-refractivity contribution in [3.63, 3.8) is 0 Å².